The standard InChI is InChI=1S/C12H16ClNO2/c1-8(2)11(16-12(14)15)7-9-5-3-4-6-10(9)13/h3-6,8,11H,7H2,1-2H3,(H2,14,15). The van der Waals surface area contributed by atoms with E-state index in [4.69, 9.17) is 22.1 Å². The van der Waals surface area contributed by atoms with Gasteiger partial charge in [-0.3, -0.25) is 0 Å². The molecule has 1 rings (SSSR count). The number of benzene rings is 1. The predicted octanol–water partition coefficient (Wildman–Crippen LogP) is 3.00. The van der Waals surface area contributed by atoms with Crippen molar-refractivity contribution in [2.24, 2.45) is 11.7 Å². The highest BCUT2D eigenvalue weighted by atomic mass is 35.5. The molecule has 0 bridgehead atoms. The van der Waals surface area contributed by atoms with Crippen LogP contribution in [-0.2, 0) is 11.2 Å². The number of hydrogen-bond donors (Lipinski definition) is 1. The van der Waals surface area contributed by atoms with Crippen molar-refractivity contribution in [3.63, 3.8) is 0 Å². The van der Waals surface area contributed by atoms with E-state index in [1.165, 1.54) is 0 Å². The summed E-state index contributed by atoms with van der Waals surface area (Å²) in [7, 11) is 0. The third kappa shape index (κ3) is 3.74. The Morgan fingerprint density at radius 1 is 1.44 bits per heavy atom. The highest BCUT2D eigenvalue weighted by Gasteiger charge is 2.18. The van der Waals surface area contributed by atoms with Crippen LogP contribution in [0.3, 0.4) is 0 Å². The molecule has 0 aliphatic carbocycles. The van der Waals surface area contributed by atoms with E-state index in [9.17, 15) is 4.79 Å². The zero-order valence-electron chi connectivity index (χ0n) is 9.44. The molecule has 3 nitrogen and oxygen atoms in total. The summed E-state index contributed by atoms with van der Waals surface area (Å²) in [5.41, 5.74) is 5.99. The lowest BCUT2D eigenvalue weighted by Crippen LogP contribution is -2.29. The van der Waals surface area contributed by atoms with Gasteiger partial charge in [0.1, 0.15) is 6.10 Å². The lowest BCUT2D eigenvalue weighted by molar-refractivity contribution is 0.0788. The van der Waals surface area contributed by atoms with Gasteiger partial charge in [-0.15, -0.1) is 0 Å². The molecule has 4 heteroatoms. The molecule has 0 heterocycles. The van der Waals surface area contributed by atoms with E-state index in [0.29, 0.717) is 11.4 Å². The first kappa shape index (κ1) is 12.8. The molecule has 1 unspecified atom stereocenters. The van der Waals surface area contributed by atoms with Crippen LogP contribution >= 0.6 is 11.6 Å². The summed E-state index contributed by atoms with van der Waals surface area (Å²) in [6.07, 6.45) is -0.400. The molecule has 88 valence electrons. The average Bonchev–Trinajstić information content (AvgIpc) is 2.19. The molecular weight excluding hydrogens is 226 g/mol. The van der Waals surface area contributed by atoms with Crippen molar-refractivity contribution in [3.05, 3.63) is 34.9 Å². The van der Waals surface area contributed by atoms with Crippen LogP contribution in [0.5, 0.6) is 0 Å². The lowest BCUT2D eigenvalue weighted by Gasteiger charge is -2.20. The number of carbonyl (C=O) groups is 1. The van der Waals surface area contributed by atoms with Crippen molar-refractivity contribution in [1.82, 2.24) is 0 Å². The zero-order chi connectivity index (χ0) is 12.1. The SMILES string of the molecule is CC(C)C(Cc1ccccc1Cl)OC(N)=O. The third-order valence-corrected chi connectivity index (χ3v) is 2.76. The monoisotopic (exact) mass is 241 g/mol. The van der Waals surface area contributed by atoms with E-state index in [0.717, 1.165) is 5.56 Å². The molecule has 0 saturated heterocycles. The van der Waals surface area contributed by atoms with Crippen LogP contribution in [0, 0.1) is 5.92 Å². The molecule has 0 aliphatic rings. The summed E-state index contributed by atoms with van der Waals surface area (Å²) < 4.78 is 5.05. The van der Waals surface area contributed by atoms with E-state index in [-0.39, 0.29) is 12.0 Å². The Labute approximate surface area is 101 Å². The highest BCUT2D eigenvalue weighted by molar-refractivity contribution is 6.31. The number of nitrogens with two attached hydrogens (primary N) is 1. The Hall–Kier alpha value is -1.22. The van der Waals surface area contributed by atoms with Crippen LogP contribution in [-0.4, -0.2) is 12.2 Å². The fourth-order valence-corrected chi connectivity index (χ4v) is 1.66. The minimum atomic E-state index is -0.745. The van der Waals surface area contributed by atoms with Crippen molar-refractivity contribution in [3.8, 4) is 0 Å². The first-order valence-electron chi connectivity index (χ1n) is 5.20. The molecule has 0 aliphatic heterocycles. The number of amides is 1. The maximum absolute atomic E-state index is 10.8. The second-order valence-corrected chi connectivity index (χ2v) is 4.42. The lowest BCUT2D eigenvalue weighted by atomic mass is 9.99. The van der Waals surface area contributed by atoms with Crippen LogP contribution < -0.4 is 5.73 Å². The summed E-state index contributed by atoms with van der Waals surface area (Å²) >= 11 is 6.04. The van der Waals surface area contributed by atoms with Crippen LogP contribution in [0.4, 0.5) is 4.79 Å². The smallest absolute Gasteiger partial charge is 0.404 e. The molecule has 2 N–H and O–H groups in total. The number of hydrogen-bond acceptors (Lipinski definition) is 2. The molecule has 0 radical (unpaired) electrons. The number of rotatable bonds is 4. The minimum Gasteiger partial charge on any atom is -0.446 e. The molecule has 1 atom stereocenters. The summed E-state index contributed by atoms with van der Waals surface area (Å²) in [6, 6.07) is 7.51. The number of carbonyl (C=O) groups excluding carboxylic acids is 1. The van der Waals surface area contributed by atoms with Gasteiger partial charge >= 0.3 is 6.09 Å². The van der Waals surface area contributed by atoms with E-state index in [1.807, 2.05) is 38.1 Å². The van der Waals surface area contributed by atoms with Crippen LogP contribution in [0.1, 0.15) is 19.4 Å². The highest BCUT2D eigenvalue weighted by Crippen LogP contribution is 2.20. The largest absolute Gasteiger partial charge is 0.446 e. The molecule has 0 aromatic heterocycles. The molecular formula is C12H16ClNO2. The van der Waals surface area contributed by atoms with E-state index >= 15 is 0 Å². The van der Waals surface area contributed by atoms with Gasteiger partial charge in [0.05, 0.1) is 0 Å². The van der Waals surface area contributed by atoms with Crippen LogP contribution in [0.2, 0.25) is 5.02 Å². The first-order valence-corrected chi connectivity index (χ1v) is 5.58. The van der Waals surface area contributed by atoms with E-state index in [1.54, 1.807) is 0 Å². The summed E-state index contributed by atoms with van der Waals surface area (Å²) in [5, 5.41) is 0.682. The van der Waals surface area contributed by atoms with Crippen LogP contribution in [0.15, 0.2) is 24.3 Å². The molecule has 0 spiro atoms. The van der Waals surface area contributed by atoms with Gasteiger partial charge in [-0.2, -0.15) is 0 Å². The fraction of sp³-hybridized carbons (Fsp3) is 0.417. The van der Waals surface area contributed by atoms with Crippen molar-refractivity contribution in [1.29, 1.82) is 0 Å². The summed E-state index contributed by atoms with van der Waals surface area (Å²) in [5.74, 6) is 0.198. The van der Waals surface area contributed by atoms with Crippen molar-refractivity contribution in [2.45, 2.75) is 26.4 Å². The van der Waals surface area contributed by atoms with Gasteiger partial charge in [-0.05, 0) is 17.5 Å². The van der Waals surface area contributed by atoms with Crippen LogP contribution in [0.25, 0.3) is 0 Å². The van der Waals surface area contributed by atoms with E-state index in [2.05, 4.69) is 0 Å². The Morgan fingerprint density at radius 2 is 2.06 bits per heavy atom. The fourth-order valence-electron chi connectivity index (χ4n) is 1.44. The van der Waals surface area contributed by atoms with Gasteiger partial charge in [0.15, 0.2) is 0 Å². The molecule has 16 heavy (non-hydrogen) atoms. The first-order chi connectivity index (χ1) is 7.50. The Balaban J connectivity index is 2.76. The normalized spacial score (nSPS) is 12.5. The maximum Gasteiger partial charge on any atom is 0.404 e. The molecule has 1 aromatic carbocycles. The van der Waals surface area contributed by atoms with Gasteiger partial charge in [-0.1, -0.05) is 43.6 Å². The third-order valence-electron chi connectivity index (χ3n) is 2.39. The van der Waals surface area contributed by atoms with Gasteiger partial charge in [-0.25, -0.2) is 4.79 Å². The van der Waals surface area contributed by atoms with Crippen molar-refractivity contribution < 1.29 is 9.53 Å². The average molecular weight is 242 g/mol. The number of ether oxygens (including phenoxy) is 1. The van der Waals surface area contributed by atoms with E-state index < -0.39 is 6.09 Å². The quantitative estimate of drug-likeness (QED) is 0.881. The molecule has 0 fully saturated rings. The molecule has 1 amide bonds. The second kappa shape index (κ2) is 5.75. The molecule has 0 saturated carbocycles. The Morgan fingerprint density at radius 3 is 2.56 bits per heavy atom. The second-order valence-electron chi connectivity index (χ2n) is 4.01. The number of halogens is 1. The van der Waals surface area contributed by atoms with Crippen molar-refractivity contribution >= 4 is 17.7 Å². The topological polar surface area (TPSA) is 52.3 Å². The summed E-state index contributed by atoms with van der Waals surface area (Å²) in [6.45, 7) is 3.95. The zero-order valence-corrected chi connectivity index (χ0v) is 10.2. The Kier molecular flexibility index (Phi) is 4.62. The van der Waals surface area contributed by atoms with Gasteiger partial charge in [0.25, 0.3) is 0 Å². The predicted molar refractivity (Wildman–Crippen MR) is 64.5 cm³/mol. The number of primary amides is 1. The molecule has 1 aromatic rings. The summed E-state index contributed by atoms with van der Waals surface area (Å²) in [4.78, 5) is 10.8. The van der Waals surface area contributed by atoms with Crippen molar-refractivity contribution in [2.75, 3.05) is 0 Å². The van der Waals surface area contributed by atoms with Gasteiger partial charge in [0.2, 0.25) is 0 Å². The van der Waals surface area contributed by atoms with Gasteiger partial charge < -0.3 is 10.5 Å². The maximum atomic E-state index is 10.8. The minimum absolute atomic E-state index is 0.198. The Bertz CT molecular complexity index is 366. The van der Waals surface area contributed by atoms with Gasteiger partial charge in [0, 0.05) is 11.4 Å².